The number of rotatable bonds is 20. The van der Waals surface area contributed by atoms with Gasteiger partial charge in [-0.2, -0.15) is 9.13 Å². The van der Waals surface area contributed by atoms with Crippen LogP contribution in [-0.4, -0.2) is 13.1 Å². The predicted octanol–water partition coefficient (Wildman–Crippen LogP) is 10.2. The molecule has 226 valence electrons. The van der Waals surface area contributed by atoms with Crippen LogP contribution in [0.4, 0.5) is 11.4 Å². The molecule has 0 bridgehead atoms. The van der Waals surface area contributed by atoms with Crippen molar-refractivity contribution in [3.05, 3.63) is 49.1 Å². The summed E-state index contributed by atoms with van der Waals surface area (Å²) in [5, 5.41) is 7.16. The summed E-state index contributed by atoms with van der Waals surface area (Å²) in [6, 6.07) is 8.78. The van der Waals surface area contributed by atoms with E-state index in [0.29, 0.717) is 26.7 Å². The standard InChI is InChI=1S/C34H56Br2N4/c1-8-33(4,5)26-37-29-17-21-39(22-18-29)31(35)16-14-12-10-11-13-15-28(3)25-32(36)40-23-19-30(20-24-40)38-27-34(6,7)9-2/h17-24,28,31-32H,8-16,25-27H2,1-7H3/p+2. The third-order valence-electron chi connectivity index (χ3n) is 8.54. The van der Waals surface area contributed by atoms with Gasteiger partial charge in [0.2, 0.25) is 9.90 Å². The van der Waals surface area contributed by atoms with Crippen LogP contribution in [-0.2, 0) is 0 Å². The summed E-state index contributed by atoms with van der Waals surface area (Å²) in [7, 11) is 0. The van der Waals surface area contributed by atoms with E-state index in [2.05, 4.69) is 149 Å². The molecule has 0 radical (unpaired) electrons. The fraction of sp³-hybridized carbons (Fsp3) is 0.706. The molecule has 0 saturated heterocycles. The molecule has 0 fully saturated rings. The van der Waals surface area contributed by atoms with Crippen LogP contribution in [0.25, 0.3) is 0 Å². The normalized spacial score (nSPS) is 14.5. The number of nitrogens with one attached hydrogen (secondary N) is 2. The van der Waals surface area contributed by atoms with Crippen molar-refractivity contribution < 1.29 is 9.13 Å². The van der Waals surface area contributed by atoms with Crippen molar-refractivity contribution in [3.63, 3.8) is 0 Å². The quantitative estimate of drug-likeness (QED) is 0.0828. The molecule has 2 aromatic rings. The van der Waals surface area contributed by atoms with Gasteiger partial charge in [0.1, 0.15) is 0 Å². The van der Waals surface area contributed by atoms with Crippen molar-refractivity contribution in [1.29, 1.82) is 0 Å². The zero-order chi connectivity index (χ0) is 29.6. The van der Waals surface area contributed by atoms with Gasteiger partial charge in [0.15, 0.2) is 24.8 Å². The highest BCUT2D eigenvalue weighted by Crippen LogP contribution is 2.25. The molecular weight excluding hydrogens is 624 g/mol. The van der Waals surface area contributed by atoms with Crippen LogP contribution < -0.4 is 19.8 Å². The molecule has 0 aliphatic rings. The zero-order valence-electron chi connectivity index (χ0n) is 26.5. The van der Waals surface area contributed by atoms with Crippen LogP contribution in [0.5, 0.6) is 0 Å². The van der Waals surface area contributed by atoms with Gasteiger partial charge in [-0.15, -0.1) is 0 Å². The van der Waals surface area contributed by atoms with Gasteiger partial charge in [0, 0.05) is 61.6 Å². The fourth-order valence-corrected chi connectivity index (χ4v) is 5.98. The number of hydrogen-bond acceptors (Lipinski definition) is 2. The third kappa shape index (κ3) is 13.7. The van der Waals surface area contributed by atoms with Gasteiger partial charge in [-0.3, -0.25) is 0 Å². The lowest BCUT2D eigenvalue weighted by atomic mass is 9.90. The van der Waals surface area contributed by atoms with Crippen molar-refractivity contribution in [2.75, 3.05) is 23.7 Å². The highest BCUT2D eigenvalue weighted by molar-refractivity contribution is 9.09. The summed E-state index contributed by atoms with van der Waals surface area (Å²) in [6.07, 6.45) is 21.4. The van der Waals surface area contributed by atoms with Gasteiger partial charge in [-0.25, -0.2) is 0 Å². The maximum atomic E-state index is 3.92. The van der Waals surface area contributed by atoms with Gasteiger partial charge >= 0.3 is 0 Å². The van der Waals surface area contributed by atoms with Gasteiger partial charge in [0.25, 0.3) is 0 Å². The lowest BCUT2D eigenvalue weighted by Gasteiger charge is -2.23. The van der Waals surface area contributed by atoms with E-state index >= 15 is 0 Å². The summed E-state index contributed by atoms with van der Waals surface area (Å²) in [5.74, 6) is 0.717. The van der Waals surface area contributed by atoms with E-state index in [1.807, 2.05) is 0 Å². The van der Waals surface area contributed by atoms with Crippen LogP contribution >= 0.6 is 31.9 Å². The van der Waals surface area contributed by atoms with Crippen molar-refractivity contribution in [2.24, 2.45) is 16.7 Å². The number of halogens is 2. The molecule has 6 heteroatoms. The lowest BCUT2D eigenvalue weighted by Crippen LogP contribution is -2.36. The minimum atomic E-state index is 0.324. The Hall–Kier alpha value is -1.14. The highest BCUT2D eigenvalue weighted by Gasteiger charge is 2.19. The number of alkyl halides is 2. The first-order chi connectivity index (χ1) is 18.9. The van der Waals surface area contributed by atoms with Crippen LogP contribution in [0, 0.1) is 16.7 Å². The second kappa shape index (κ2) is 17.7. The first kappa shape index (κ1) is 35.1. The van der Waals surface area contributed by atoms with Crippen LogP contribution in [0.1, 0.15) is 123 Å². The Bertz CT molecular complexity index is 943. The molecule has 0 saturated carbocycles. The van der Waals surface area contributed by atoms with Crippen LogP contribution in [0.15, 0.2) is 49.1 Å². The van der Waals surface area contributed by atoms with E-state index in [0.717, 1.165) is 19.5 Å². The number of hydrogen-bond donors (Lipinski definition) is 2. The summed E-state index contributed by atoms with van der Waals surface area (Å²) < 4.78 is 4.57. The smallest absolute Gasteiger partial charge is 0.212 e. The fourth-order valence-electron chi connectivity index (χ4n) is 4.47. The summed E-state index contributed by atoms with van der Waals surface area (Å²) >= 11 is 7.82. The largest absolute Gasteiger partial charge is 0.384 e. The first-order valence-corrected chi connectivity index (χ1v) is 17.6. The minimum Gasteiger partial charge on any atom is -0.384 e. The topological polar surface area (TPSA) is 31.8 Å². The average molecular weight is 683 g/mol. The molecule has 2 rings (SSSR count). The number of pyridine rings is 2. The first-order valence-electron chi connectivity index (χ1n) is 15.7. The SMILES string of the molecule is CCC(C)(C)CNc1cc[n+](C(Br)CCCCCCCC(C)CC(Br)[n+]2ccc(NCC(C)(C)CC)cc2)cc1. The molecule has 4 nitrogen and oxygen atoms in total. The van der Waals surface area contributed by atoms with E-state index in [-0.39, 0.29) is 0 Å². The van der Waals surface area contributed by atoms with Crippen molar-refractivity contribution >= 4 is 43.2 Å². The average Bonchev–Trinajstić information content (AvgIpc) is 2.95. The Kier molecular flexibility index (Phi) is 15.5. The number of nitrogens with zero attached hydrogens (tertiary/aromatic N) is 2. The van der Waals surface area contributed by atoms with Gasteiger partial charge < -0.3 is 10.6 Å². The molecule has 2 heterocycles. The summed E-state index contributed by atoms with van der Waals surface area (Å²) in [5.41, 5.74) is 3.06. The number of unbranched alkanes of at least 4 members (excludes halogenated alkanes) is 4. The summed E-state index contributed by atoms with van der Waals surface area (Å²) in [6.45, 7) is 18.2. The van der Waals surface area contributed by atoms with E-state index in [1.54, 1.807) is 0 Å². The number of anilines is 2. The van der Waals surface area contributed by atoms with E-state index in [4.69, 9.17) is 0 Å². The molecule has 0 aliphatic carbocycles. The molecule has 0 amide bonds. The molecule has 0 spiro atoms. The van der Waals surface area contributed by atoms with E-state index in [1.165, 1.54) is 69.2 Å². The second-order valence-electron chi connectivity index (χ2n) is 13.4. The van der Waals surface area contributed by atoms with Crippen LogP contribution in [0.3, 0.4) is 0 Å². The van der Waals surface area contributed by atoms with Crippen molar-refractivity contribution in [3.8, 4) is 0 Å². The summed E-state index contributed by atoms with van der Waals surface area (Å²) in [4.78, 5) is 0.722. The Balaban J connectivity index is 1.57. The second-order valence-corrected chi connectivity index (χ2v) is 15.5. The van der Waals surface area contributed by atoms with Crippen molar-refractivity contribution in [1.82, 2.24) is 0 Å². The Morgan fingerprint density at radius 2 is 1.05 bits per heavy atom. The third-order valence-corrected chi connectivity index (χ3v) is 10.3. The molecule has 0 aromatic carbocycles. The maximum absolute atomic E-state index is 3.92. The highest BCUT2D eigenvalue weighted by atomic mass is 79.9. The van der Waals surface area contributed by atoms with Crippen molar-refractivity contribution in [2.45, 2.75) is 123 Å². The molecule has 0 aliphatic heterocycles. The monoisotopic (exact) mass is 680 g/mol. The van der Waals surface area contributed by atoms with Gasteiger partial charge in [-0.05, 0) is 67.9 Å². The molecule has 2 aromatic heterocycles. The van der Waals surface area contributed by atoms with Crippen LogP contribution in [0.2, 0.25) is 0 Å². The number of aromatic nitrogens is 2. The zero-order valence-corrected chi connectivity index (χ0v) is 29.7. The Morgan fingerprint density at radius 3 is 1.50 bits per heavy atom. The molecule has 3 atom stereocenters. The Labute approximate surface area is 263 Å². The maximum Gasteiger partial charge on any atom is 0.212 e. The Morgan fingerprint density at radius 1 is 0.650 bits per heavy atom. The molecule has 3 unspecified atom stereocenters. The lowest BCUT2D eigenvalue weighted by molar-refractivity contribution is -0.699. The van der Waals surface area contributed by atoms with Gasteiger partial charge in [-0.1, -0.05) is 80.6 Å². The molecule has 40 heavy (non-hydrogen) atoms. The minimum absolute atomic E-state index is 0.324. The molecular formula is C34H58Br2N4+2. The molecule has 2 N–H and O–H groups in total. The predicted molar refractivity (Wildman–Crippen MR) is 180 cm³/mol. The van der Waals surface area contributed by atoms with Gasteiger partial charge in [0.05, 0.1) is 0 Å². The van der Waals surface area contributed by atoms with E-state index < -0.39 is 0 Å². The van der Waals surface area contributed by atoms with E-state index in [9.17, 15) is 0 Å².